The highest BCUT2D eigenvalue weighted by atomic mass is 16.5. The number of ether oxygens (including phenoxy) is 1. The third kappa shape index (κ3) is 3.17. The third-order valence-electron chi connectivity index (χ3n) is 13.7. The van der Waals surface area contributed by atoms with E-state index in [9.17, 15) is 14.7 Å². The van der Waals surface area contributed by atoms with Crippen LogP contribution < -0.4 is 0 Å². The highest BCUT2D eigenvalue weighted by molar-refractivity contribution is 5.76. The molecule has 5 fully saturated rings. The molecule has 5 aliphatic carbocycles. The molecule has 0 amide bonds. The molecule has 0 bridgehead atoms. The number of allylic oxidation sites excluding steroid dienone is 1. The molecule has 0 radical (unpaired) electrons. The molecule has 0 spiro atoms. The summed E-state index contributed by atoms with van der Waals surface area (Å²) in [4.78, 5) is 24.7. The van der Waals surface area contributed by atoms with Crippen LogP contribution in [0.15, 0.2) is 12.2 Å². The lowest BCUT2D eigenvalue weighted by molar-refractivity contribution is -0.250. The second-order valence-corrected chi connectivity index (χ2v) is 15.1. The first-order valence-electron chi connectivity index (χ1n) is 14.7. The van der Waals surface area contributed by atoms with E-state index in [2.05, 4.69) is 48.1 Å². The van der Waals surface area contributed by atoms with Crippen LogP contribution in [-0.2, 0) is 14.3 Å². The molecule has 0 aromatic carbocycles. The zero-order chi connectivity index (χ0) is 26.5. The molecule has 0 unspecified atom stereocenters. The maximum absolute atomic E-state index is 12.8. The van der Waals surface area contributed by atoms with E-state index in [-0.39, 0.29) is 39.7 Å². The summed E-state index contributed by atoms with van der Waals surface area (Å²) in [5, 5.41) is 10.5. The van der Waals surface area contributed by atoms with Gasteiger partial charge in [-0.2, -0.15) is 0 Å². The Balaban J connectivity index is 1.52. The van der Waals surface area contributed by atoms with E-state index in [4.69, 9.17) is 4.74 Å². The quantitative estimate of drug-likeness (QED) is 0.320. The summed E-state index contributed by atoms with van der Waals surface area (Å²) in [6.07, 6.45) is 10.5. The second kappa shape index (κ2) is 8.09. The number of carboxylic acid groups (broad SMARTS) is 1. The van der Waals surface area contributed by atoms with Gasteiger partial charge in [0.15, 0.2) is 0 Å². The number of fused-ring (bicyclic) bond motifs is 7. The zero-order valence-corrected chi connectivity index (χ0v) is 23.9. The first kappa shape index (κ1) is 26.3. The van der Waals surface area contributed by atoms with Crippen LogP contribution in [0.25, 0.3) is 0 Å². The van der Waals surface area contributed by atoms with E-state index in [0.29, 0.717) is 23.7 Å². The van der Waals surface area contributed by atoms with E-state index < -0.39 is 11.4 Å². The van der Waals surface area contributed by atoms with Crippen molar-refractivity contribution in [2.45, 2.75) is 119 Å². The fourth-order valence-corrected chi connectivity index (χ4v) is 11.9. The van der Waals surface area contributed by atoms with Gasteiger partial charge in [-0.3, -0.25) is 9.59 Å². The average Bonchev–Trinajstić information content (AvgIpc) is 3.17. The van der Waals surface area contributed by atoms with Gasteiger partial charge in [0.05, 0.1) is 5.41 Å². The van der Waals surface area contributed by atoms with Crippen molar-refractivity contribution in [3.63, 3.8) is 0 Å². The molecule has 5 aliphatic rings. The number of hydrogen-bond acceptors (Lipinski definition) is 3. The second-order valence-electron chi connectivity index (χ2n) is 15.1. The monoisotopic (exact) mass is 498 g/mol. The molecule has 4 heteroatoms. The van der Waals surface area contributed by atoms with Crippen LogP contribution in [-0.4, -0.2) is 23.1 Å². The van der Waals surface area contributed by atoms with E-state index in [1.165, 1.54) is 24.8 Å². The Hall–Kier alpha value is -1.32. The highest BCUT2D eigenvalue weighted by Gasteiger charge is 2.72. The Morgan fingerprint density at radius 2 is 1.50 bits per heavy atom. The van der Waals surface area contributed by atoms with Gasteiger partial charge in [-0.1, -0.05) is 46.8 Å². The molecular formula is C32H50O4. The van der Waals surface area contributed by atoms with E-state index in [0.717, 1.165) is 44.9 Å². The van der Waals surface area contributed by atoms with E-state index in [1.54, 1.807) is 6.92 Å². The van der Waals surface area contributed by atoms with Crippen molar-refractivity contribution in [3.8, 4) is 0 Å². The van der Waals surface area contributed by atoms with Gasteiger partial charge in [-0.05, 0) is 117 Å². The summed E-state index contributed by atoms with van der Waals surface area (Å²) in [6, 6.07) is 0. The maximum Gasteiger partial charge on any atom is 0.309 e. The van der Waals surface area contributed by atoms with Crippen molar-refractivity contribution in [2.75, 3.05) is 0 Å². The Morgan fingerprint density at radius 3 is 2.11 bits per heavy atom. The number of carboxylic acids is 1. The Morgan fingerprint density at radius 1 is 0.806 bits per heavy atom. The van der Waals surface area contributed by atoms with Gasteiger partial charge in [0.25, 0.3) is 0 Å². The molecule has 0 aromatic heterocycles. The normalized spacial score (nSPS) is 51.2. The predicted molar refractivity (Wildman–Crippen MR) is 142 cm³/mol. The van der Waals surface area contributed by atoms with Crippen molar-refractivity contribution in [2.24, 2.45) is 56.7 Å². The average molecular weight is 499 g/mol. The SMILES string of the molecule is C=C(C)[C@H]1CC[C@]2(C(=O)O)CC[C@]3(C)[C@@H](CC[C@@H]4[C@@]5(C)CC[C@@H](OC(C)=O)C(C)(C)[C@@H]5CC[C@@]43C)[C@H]12. The van der Waals surface area contributed by atoms with Gasteiger partial charge in [0.1, 0.15) is 6.10 Å². The van der Waals surface area contributed by atoms with E-state index >= 15 is 0 Å². The smallest absolute Gasteiger partial charge is 0.309 e. The van der Waals surface area contributed by atoms with Gasteiger partial charge < -0.3 is 9.84 Å². The molecule has 10 atom stereocenters. The van der Waals surface area contributed by atoms with Crippen LogP contribution in [0.3, 0.4) is 0 Å². The van der Waals surface area contributed by atoms with Crippen LogP contribution in [0.1, 0.15) is 113 Å². The van der Waals surface area contributed by atoms with Crippen LogP contribution in [0.2, 0.25) is 0 Å². The van der Waals surface area contributed by atoms with Crippen molar-refractivity contribution >= 4 is 11.9 Å². The van der Waals surface area contributed by atoms with Crippen molar-refractivity contribution in [1.82, 2.24) is 0 Å². The molecule has 0 heterocycles. The molecule has 5 rings (SSSR count). The Labute approximate surface area is 219 Å². The molecule has 5 saturated carbocycles. The summed E-state index contributed by atoms with van der Waals surface area (Å²) in [5.74, 6) is 1.49. The van der Waals surface area contributed by atoms with Crippen molar-refractivity contribution in [3.05, 3.63) is 12.2 Å². The molecule has 1 N–H and O–H groups in total. The van der Waals surface area contributed by atoms with E-state index in [1.807, 2.05) is 0 Å². The largest absolute Gasteiger partial charge is 0.481 e. The number of esters is 1. The van der Waals surface area contributed by atoms with Gasteiger partial charge in [0.2, 0.25) is 0 Å². The third-order valence-corrected chi connectivity index (χ3v) is 13.7. The highest BCUT2D eigenvalue weighted by Crippen LogP contribution is 2.77. The van der Waals surface area contributed by atoms with Gasteiger partial charge in [0, 0.05) is 12.3 Å². The van der Waals surface area contributed by atoms with Gasteiger partial charge in [-0.25, -0.2) is 0 Å². The maximum atomic E-state index is 12.8. The number of rotatable bonds is 3. The minimum Gasteiger partial charge on any atom is -0.481 e. The number of hydrogen-bond donors (Lipinski definition) is 1. The summed E-state index contributed by atoms with van der Waals surface area (Å²) in [5.41, 5.74) is 1.20. The Kier molecular flexibility index (Phi) is 5.91. The minimum atomic E-state index is -0.553. The lowest BCUT2D eigenvalue weighted by Crippen LogP contribution is -2.67. The summed E-state index contributed by atoms with van der Waals surface area (Å²) in [6.45, 7) is 20.4. The van der Waals surface area contributed by atoms with Crippen molar-refractivity contribution in [1.29, 1.82) is 0 Å². The van der Waals surface area contributed by atoms with Gasteiger partial charge >= 0.3 is 11.9 Å². The molecule has 0 aromatic rings. The van der Waals surface area contributed by atoms with Crippen molar-refractivity contribution < 1.29 is 19.4 Å². The number of carbonyl (C=O) groups is 2. The van der Waals surface area contributed by atoms with Crippen LogP contribution in [0.4, 0.5) is 0 Å². The number of aliphatic carboxylic acids is 1. The molecule has 0 saturated heterocycles. The van der Waals surface area contributed by atoms with Crippen LogP contribution in [0.5, 0.6) is 0 Å². The summed E-state index contributed by atoms with van der Waals surface area (Å²) in [7, 11) is 0. The Bertz CT molecular complexity index is 967. The first-order chi connectivity index (χ1) is 16.6. The predicted octanol–water partition coefficient (Wildman–Crippen LogP) is 7.66. The lowest BCUT2D eigenvalue weighted by atomic mass is 9.32. The topological polar surface area (TPSA) is 63.6 Å². The fraction of sp³-hybridized carbons (Fsp3) is 0.875. The zero-order valence-electron chi connectivity index (χ0n) is 23.9. The summed E-state index contributed by atoms with van der Waals surface area (Å²) < 4.78 is 5.88. The molecule has 36 heavy (non-hydrogen) atoms. The molecule has 0 aliphatic heterocycles. The molecule has 202 valence electrons. The standard InChI is InChI=1S/C32H50O4/c1-19(2)21-11-16-32(27(34)35)18-17-30(7)22(26(21)32)9-10-24-29(6)14-13-25(36-20(3)33)28(4,5)23(29)12-15-31(24,30)8/h21-26H,1,9-18H2,2-8H3,(H,34,35)/t21-,22+,23+,24-,25-,26+,29+,30-,31+,32+/m1/s1. The van der Waals surface area contributed by atoms with Gasteiger partial charge in [-0.15, -0.1) is 0 Å². The fourth-order valence-electron chi connectivity index (χ4n) is 11.9. The molecule has 4 nitrogen and oxygen atoms in total. The minimum absolute atomic E-state index is 0.00466. The lowest BCUT2D eigenvalue weighted by Gasteiger charge is -2.72. The molecular weight excluding hydrogens is 448 g/mol. The van der Waals surface area contributed by atoms with Crippen LogP contribution in [0, 0.1) is 56.7 Å². The first-order valence-corrected chi connectivity index (χ1v) is 14.7. The van der Waals surface area contributed by atoms with Crippen LogP contribution >= 0.6 is 0 Å². The summed E-state index contributed by atoms with van der Waals surface area (Å²) >= 11 is 0. The number of carbonyl (C=O) groups excluding carboxylic acids is 1.